The van der Waals surface area contributed by atoms with Crippen molar-refractivity contribution in [1.29, 1.82) is 0 Å². The summed E-state index contributed by atoms with van der Waals surface area (Å²) in [5, 5.41) is 3.54. The summed E-state index contributed by atoms with van der Waals surface area (Å²) in [6, 6.07) is 2.30. The zero-order chi connectivity index (χ0) is 12.8. The Labute approximate surface area is 114 Å². The van der Waals surface area contributed by atoms with Crippen molar-refractivity contribution in [3.8, 4) is 0 Å². The molecule has 3 nitrogen and oxygen atoms in total. The Morgan fingerprint density at radius 2 is 2.11 bits per heavy atom. The van der Waals surface area contributed by atoms with Gasteiger partial charge in [-0.15, -0.1) is 11.3 Å². The summed E-state index contributed by atoms with van der Waals surface area (Å²) >= 11 is 1.89. The van der Waals surface area contributed by atoms with Gasteiger partial charge in [-0.05, 0) is 45.0 Å². The van der Waals surface area contributed by atoms with E-state index >= 15 is 0 Å². The van der Waals surface area contributed by atoms with E-state index in [2.05, 4.69) is 30.1 Å². The monoisotopic (exact) mass is 268 g/mol. The molecule has 0 radical (unpaired) electrons. The van der Waals surface area contributed by atoms with E-state index in [1.165, 1.54) is 28.3 Å². The van der Waals surface area contributed by atoms with Crippen LogP contribution < -0.4 is 5.32 Å². The van der Waals surface area contributed by atoms with E-state index in [9.17, 15) is 0 Å². The summed E-state index contributed by atoms with van der Waals surface area (Å²) in [6.07, 6.45) is 1.22. The number of ether oxygens (including phenoxy) is 1. The van der Waals surface area contributed by atoms with E-state index in [1.807, 2.05) is 11.3 Å². The van der Waals surface area contributed by atoms with Crippen molar-refractivity contribution in [2.45, 2.75) is 26.8 Å². The number of thiophene rings is 1. The molecule has 0 aromatic carbocycles. The minimum Gasteiger partial charge on any atom is -0.379 e. The van der Waals surface area contributed by atoms with E-state index in [4.69, 9.17) is 4.74 Å². The Morgan fingerprint density at radius 1 is 1.33 bits per heavy atom. The second-order valence-electron chi connectivity index (χ2n) is 4.92. The Hall–Kier alpha value is -0.420. The molecule has 0 atom stereocenters. The lowest BCUT2D eigenvalue weighted by molar-refractivity contribution is 0.0374. The topological polar surface area (TPSA) is 24.5 Å². The summed E-state index contributed by atoms with van der Waals surface area (Å²) in [4.78, 5) is 5.36. The second kappa shape index (κ2) is 7.24. The third kappa shape index (κ3) is 4.35. The van der Waals surface area contributed by atoms with Crippen LogP contribution in [0.4, 0.5) is 0 Å². The van der Waals surface area contributed by atoms with E-state index in [0.29, 0.717) is 0 Å². The van der Waals surface area contributed by atoms with Crippen LogP contribution in [0.1, 0.15) is 21.7 Å². The van der Waals surface area contributed by atoms with Crippen molar-refractivity contribution in [2.24, 2.45) is 0 Å². The number of aryl methyl sites for hydroxylation is 2. The SMILES string of the molecule is Cc1cc(CNCCCN2CCOCC2)c(C)s1. The van der Waals surface area contributed by atoms with Gasteiger partial charge in [0.05, 0.1) is 13.2 Å². The van der Waals surface area contributed by atoms with Crippen LogP contribution in [0.3, 0.4) is 0 Å². The molecule has 0 saturated carbocycles. The maximum absolute atomic E-state index is 5.34. The summed E-state index contributed by atoms with van der Waals surface area (Å²) in [5.74, 6) is 0. The second-order valence-corrected chi connectivity index (χ2v) is 6.38. The van der Waals surface area contributed by atoms with Crippen LogP contribution in [-0.4, -0.2) is 44.3 Å². The predicted molar refractivity (Wildman–Crippen MR) is 77.4 cm³/mol. The van der Waals surface area contributed by atoms with Gasteiger partial charge in [-0.3, -0.25) is 4.90 Å². The molecule has 18 heavy (non-hydrogen) atoms. The van der Waals surface area contributed by atoms with E-state index in [0.717, 1.165) is 39.4 Å². The lowest BCUT2D eigenvalue weighted by atomic mass is 10.2. The molecule has 0 amide bonds. The highest BCUT2D eigenvalue weighted by atomic mass is 32.1. The quantitative estimate of drug-likeness (QED) is 0.800. The highest BCUT2D eigenvalue weighted by Crippen LogP contribution is 2.20. The fourth-order valence-electron chi connectivity index (χ4n) is 2.33. The van der Waals surface area contributed by atoms with Crippen molar-refractivity contribution in [3.63, 3.8) is 0 Å². The standard InChI is InChI=1S/C14H24N2OS/c1-12-10-14(13(2)18-12)11-15-4-3-5-16-6-8-17-9-7-16/h10,15H,3-9,11H2,1-2H3. The number of hydrogen-bond acceptors (Lipinski definition) is 4. The first kappa shape index (κ1) is 14.0. The van der Waals surface area contributed by atoms with Gasteiger partial charge in [-0.1, -0.05) is 0 Å². The molecule has 0 bridgehead atoms. The van der Waals surface area contributed by atoms with Gasteiger partial charge in [0, 0.05) is 29.4 Å². The third-order valence-electron chi connectivity index (χ3n) is 3.39. The molecule has 4 heteroatoms. The lowest BCUT2D eigenvalue weighted by Crippen LogP contribution is -2.37. The number of hydrogen-bond donors (Lipinski definition) is 1. The van der Waals surface area contributed by atoms with Crippen molar-refractivity contribution in [1.82, 2.24) is 10.2 Å². The van der Waals surface area contributed by atoms with E-state index < -0.39 is 0 Å². The molecule has 2 heterocycles. The van der Waals surface area contributed by atoms with Gasteiger partial charge in [-0.2, -0.15) is 0 Å². The predicted octanol–water partition coefficient (Wildman–Crippen LogP) is 2.18. The Bertz CT molecular complexity index is 359. The fraction of sp³-hybridized carbons (Fsp3) is 0.714. The van der Waals surface area contributed by atoms with Gasteiger partial charge < -0.3 is 10.1 Å². The van der Waals surface area contributed by atoms with Crippen LogP contribution in [0.15, 0.2) is 6.07 Å². The molecule has 1 fully saturated rings. The van der Waals surface area contributed by atoms with Crippen molar-refractivity contribution < 1.29 is 4.74 Å². The molecule has 1 aliphatic rings. The molecule has 1 aliphatic heterocycles. The average Bonchev–Trinajstić information content (AvgIpc) is 2.69. The van der Waals surface area contributed by atoms with Crippen molar-refractivity contribution >= 4 is 11.3 Å². The molecule has 2 rings (SSSR count). The molecule has 1 N–H and O–H groups in total. The number of nitrogens with one attached hydrogen (secondary N) is 1. The Kier molecular flexibility index (Phi) is 5.63. The van der Waals surface area contributed by atoms with Gasteiger partial charge in [0.2, 0.25) is 0 Å². The molecular weight excluding hydrogens is 244 g/mol. The summed E-state index contributed by atoms with van der Waals surface area (Å²) in [6.45, 7) is 11.7. The Balaban J connectivity index is 1.57. The lowest BCUT2D eigenvalue weighted by Gasteiger charge is -2.26. The van der Waals surface area contributed by atoms with E-state index in [-0.39, 0.29) is 0 Å². The fourth-order valence-corrected chi connectivity index (χ4v) is 3.28. The highest BCUT2D eigenvalue weighted by molar-refractivity contribution is 7.12. The van der Waals surface area contributed by atoms with Gasteiger partial charge in [0.25, 0.3) is 0 Å². The molecule has 102 valence electrons. The largest absolute Gasteiger partial charge is 0.379 e. The summed E-state index contributed by atoms with van der Waals surface area (Å²) in [7, 11) is 0. The zero-order valence-corrected chi connectivity index (χ0v) is 12.3. The first-order valence-electron chi connectivity index (χ1n) is 6.82. The maximum Gasteiger partial charge on any atom is 0.0594 e. The Morgan fingerprint density at radius 3 is 2.78 bits per heavy atom. The van der Waals surface area contributed by atoms with Gasteiger partial charge in [0.1, 0.15) is 0 Å². The molecule has 0 spiro atoms. The molecule has 1 aromatic rings. The van der Waals surface area contributed by atoms with E-state index in [1.54, 1.807) is 0 Å². The molecule has 0 unspecified atom stereocenters. The molecule has 1 saturated heterocycles. The van der Waals surface area contributed by atoms with Crippen LogP contribution >= 0.6 is 11.3 Å². The van der Waals surface area contributed by atoms with Crippen molar-refractivity contribution in [2.75, 3.05) is 39.4 Å². The normalized spacial score (nSPS) is 17.2. The van der Waals surface area contributed by atoms with Crippen molar-refractivity contribution in [3.05, 3.63) is 21.4 Å². The minimum atomic E-state index is 0.904. The van der Waals surface area contributed by atoms with Crippen LogP contribution in [-0.2, 0) is 11.3 Å². The van der Waals surface area contributed by atoms with Gasteiger partial charge in [0.15, 0.2) is 0 Å². The highest BCUT2D eigenvalue weighted by Gasteiger charge is 2.09. The first-order valence-corrected chi connectivity index (χ1v) is 7.64. The van der Waals surface area contributed by atoms with Crippen LogP contribution in [0.25, 0.3) is 0 Å². The van der Waals surface area contributed by atoms with Gasteiger partial charge in [-0.25, -0.2) is 0 Å². The number of morpholine rings is 1. The average molecular weight is 268 g/mol. The van der Waals surface area contributed by atoms with Crippen LogP contribution in [0.5, 0.6) is 0 Å². The minimum absolute atomic E-state index is 0.904. The number of rotatable bonds is 6. The van der Waals surface area contributed by atoms with Gasteiger partial charge >= 0.3 is 0 Å². The summed E-state index contributed by atoms with van der Waals surface area (Å²) < 4.78 is 5.34. The third-order valence-corrected chi connectivity index (χ3v) is 4.40. The van der Waals surface area contributed by atoms with Crippen LogP contribution in [0.2, 0.25) is 0 Å². The molecule has 1 aromatic heterocycles. The number of nitrogens with zero attached hydrogens (tertiary/aromatic N) is 1. The zero-order valence-electron chi connectivity index (χ0n) is 11.5. The van der Waals surface area contributed by atoms with Crippen LogP contribution in [0, 0.1) is 13.8 Å². The summed E-state index contributed by atoms with van der Waals surface area (Å²) in [5.41, 5.74) is 1.46. The first-order chi connectivity index (χ1) is 8.75. The molecular formula is C14H24N2OS. The maximum atomic E-state index is 5.34. The molecule has 0 aliphatic carbocycles. The smallest absolute Gasteiger partial charge is 0.0594 e.